The minimum Gasteiger partial charge on any atom is -0.368 e. The maximum absolute atomic E-state index is 12.8. The Kier molecular flexibility index (Phi) is 5.16. The minimum absolute atomic E-state index is 0.00145. The van der Waals surface area contributed by atoms with Crippen molar-refractivity contribution >= 4 is 5.91 Å². The van der Waals surface area contributed by atoms with Crippen LogP contribution in [0.1, 0.15) is 34.7 Å². The second-order valence-corrected chi connectivity index (χ2v) is 6.88. The van der Waals surface area contributed by atoms with Gasteiger partial charge in [0.2, 0.25) is 0 Å². The topological polar surface area (TPSA) is 99.2 Å². The Bertz CT molecular complexity index is 952. The number of aromatic nitrogens is 5. The highest BCUT2D eigenvalue weighted by Gasteiger charge is 2.27. The molecule has 28 heavy (non-hydrogen) atoms. The molecule has 0 N–H and O–H groups in total. The predicted molar refractivity (Wildman–Crippen MR) is 99.2 cm³/mol. The zero-order valence-electron chi connectivity index (χ0n) is 15.9. The van der Waals surface area contributed by atoms with E-state index in [2.05, 4.69) is 20.2 Å². The molecule has 1 fully saturated rings. The zero-order chi connectivity index (χ0) is 19.5. The minimum atomic E-state index is -0.0578. The van der Waals surface area contributed by atoms with Crippen LogP contribution in [-0.4, -0.2) is 54.9 Å². The van der Waals surface area contributed by atoms with E-state index in [0.717, 1.165) is 30.6 Å². The first-order chi connectivity index (χ1) is 13.6. The molecule has 146 valence electrons. The van der Waals surface area contributed by atoms with Gasteiger partial charge in [-0.05, 0) is 31.9 Å². The lowest BCUT2D eigenvalue weighted by Crippen LogP contribution is -2.43. The summed E-state index contributed by atoms with van der Waals surface area (Å²) in [6.45, 7) is 3.36. The van der Waals surface area contributed by atoms with Crippen molar-refractivity contribution in [2.45, 2.75) is 32.5 Å². The number of amides is 1. The lowest BCUT2D eigenvalue weighted by Gasteiger charge is -2.32. The molecule has 1 saturated heterocycles. The molecule has 0 aromatic carbocycles. The average Bonchev–Trinajstić information content (AvgIpc) is 3.33. The largest absolute Gasteiger partial charge is 0.368 e. The van der Waals surface area contributed by atoms with E-state index < -0.39 is 0 Å². The molecule has 1 unspecified atom stereocenters. The van der Waals surface area contributed by atoms with E-state index in [-0.39, 0.29) is 18.6 Å². The Morgan fingerprint density at radius 1 is 1.36 bits per heavy atom. The Hall–Kier alpha value is -3.07. The predicted octanol–water partition coefficient (Wildman–Crippen LogP) is 1.99. The number of hydrogen-bond acceptors (Lipinski definition) is 7. The van der Waals surface area contributed by atoms with E-state index in [1.807, 2.05) is 31.0 Å². The first kappa shape index (κ1) is 18.3. The highest BCUT2D eigenvalue weighted by molar-refractivity contribution is 5.95. The number of pyridine rings is 1. The number of ether oxygens (including phenoxy) is 1. The molecular weight excluding hydrogens is 360 g/mol. The molecule has 1 atom stereocenters. The van der Waals surface area contributed by atoms with Crippen LogP contribution < -0.4 is 0 Å². The number of piperidine rings is 1. The highest BCUT2D eigenvalue weighted by atomic mass is 16.5. The van der Waals surface area contributed by atoms with Crippen molar-refractivity contribution in [3.63, 3.8) is 0 Å². The van der Waals surface area contributed by atoms with Crippen LogP contribution in [0.3, 0.4) is 0 Å². The number of carbonyl (C=O) groups excluding carboxylic acids is 1. The molecule has 9 nitrogen and oxygen atoms in total. The smallest absolute Gasteiger partial charge is 0.258 e. The molecule has 0 bridgehead atoms. The van der Waals surface area contributed by atoms with Crippen molar-refractivity contribution in [1.82, 2.24) is 29.8 Å². The van der Waals surface area contributed by atoms with Gasteiger partial charge in [0.15, 0.2) is 5.82 Å². The average molecular weight is 382 g/mol. The number of likely N-dealkylation sites (tertiary alicyclic amines) is 1. The summed E-state index contributed by atoms with van der Waals surface area (Å²) in [6.07, 6.45) is 6.84. The van der Waals surface area contributed by atoms with Gasteiger partial charge in [-0.25, -0.2) is 0 Å². The zero-order valence-corrected chi connectivity index (χ0v) is 15.9. The van der Waals surface area contributed by atoms with Gasteiger partial charge < -0.3 is 14.2 Å². The monoisotopic (exact) mass is 382 g/mol. The van der Waals surface area contributed by atoms with Crippen molar-refractivity contribution in [1.29, 1.82) is 0 Å². The summed E-state index contributed by atoms with van der Waals surface area (Å²) in [4.78, 5) is 22.9. The molecule has 0 saturated carbocycles. The number of aryl methyl sites for hydroxylation is 2. The second kappa shape index (κ2) is 7.89. The SMILES string of the molecule is Cc1nn(C)cc1C(=O)N1CCCC(OCc2noc(-c3ccncc3)n2)C1. The second-order valence-electron chi connectivity index (χ2n) is 6.88. The Morgan fingerprint density at radius 2 is 2.18 bits per heavy atom. The van der Waals surface area contributed by atoms with Gasteiger partial charge in [0.1, 0.15) is 6.61 Å². The molecule has 0 aliphatic carbocycles. The van der Waals surface area contributed by atoms with Crippen LogP contribution in [0, 0.1) is 6.92 Å². The van der Waals surface area contributed by atoms with E-state index in [9.17, 15) is 4.79 Å². The first-order valence-electron chi connectivity index (χ1n) is 9.24. The molecule has 4 rings (SSSR count). The number of hydrogen-bond donors (Lipinski definition) is 0. The van der Waals surface area contributed by atoms with Crippen LogP contribution >= 0.6 is 0 Å². The molecule has 9 heteroatoms. The van der Waals surface area contributed by atoms with Crippen LogP contribution in [0.15, 0.2) is 35.2 Å². The van der Waals surface area contributed by atoms with E-state index in [1.54, 1.807) is 23.3 Å². The Morgan fingerprint density at radius 3 is 2.93 bits per heavy atom. The summed E-state index contributed by atoms with van der Waals surface area (Å²) in [7, 11) is 1.82. The normalized spacial score (nSPS) is 17.1. The maximum Gasteiger partial charge on any atom is 0.258 e. The molecule has 3 aromatic rings. The van der Waals surface area contributed by atoms with Crippen LogP contribution in [0.2, 0.25) is 0 Å². The van der Waals surface area contributed by atoms with E-state index in [0.29, 0.717) is 23.8 Å². The summed E-state index contributed by atoms with van der Waals surface area (Å²) in [5.41, 5.74) is 2.20. The molecule has 4 heterocycles. The third kappa shape index (κ3) is 3.94. The van der Waals surface area contributed by atoms with Crippen molar-refractivity contribution in [3.05, 3.63) is 47.8 Å². The summed E-state index contributed by atoms with van der Waals surface area (Å²) < 4.78 is 12.9. The number of carbonyl (C=O) groups is 1. The fourth-order valence-corrected chi connectivity index (χ4v) is 3.36. The fourth-order valence-electron chi connectivity index (χ4n) is 3.36. The Labute approximate surface area is 162 Å². The molecular formula is C19H22N6O3. The summed E-state index contributed by atoms with van der Waals surface area (Å²) >= 11 is 0. The van der Waals surface area contributed by atoms with E-state index >= 15 is 0 Å². The molecule has 1 amide bonds. The van der Waals surface area contributed by atoms with Crippen molar-refractivity contribution in [3.8, 4) is 11.5 Å². The van der Waals surface area contributed by atoms with Crippen LogP contribution in [-0.2, 0) is 18.4 Å². The fraction of sp³-hybridized carbons (Fsp3) is 0.421. The van der Waals surface area contributed by atoms with Gasteiger partial charge in [0, 0.05) is 44.3 Å². The van der Waals surface area contributed by atoms with Crippen LogP contribution in [0.4, 0.5) is 0 Å². The summed E-state index contributed by atoms with van der Waals surface area (Å²) in [5.74, 6) is 0.922. The first-order valence-corrected chi connectivity index (χ1v) is 9.24. The molecule has 1 aliphatic rings. The van der Waals surface area contributed by atoms with Gasteiger partial charge in [0.25, 0.3) is 11.8 Å². The third-order valence-corrected chi connectivity index (χ3v) is 4.75. The van der Waals surface area contributed by atoms with Crippen LogP contribution in [0.5, 0.6) is 0 Å². The van der Waals surface area contributed by atoms with Crippen molar-refractivity contribution in [2.75, 3.05) is 13.1 Å². The van der Waals surface area contributed by atoms with Gasteiger partial charge in [-0.3, -0.25) is 14.5 Å². The highest BCUT2D eigenvalue weighted by Crippen LogP contribution is 2.19. The standard InChI is InChI=1S/C19H22N6O3/c1-13-16(11-24(2)22-13)19(26)25-9-3-4-15(10-25)27-12-17-21-18(28-23-17)14-5-7-20-8-6-14/h5-8,11,15H,3-4,9-10,12H2,1-2H3. The van der Waals surface area contributed by atoms with Crippen molar-refractivity contribution in [2.24, 2.45) is 7.05 Å². The van der Waals surface area contributed by atoms with E-state index in [4.69, 9.17) is 9.26 Å². The lowest BCUT2D eigenvalue weighted by atomic mass is 10.1. The number of nitrogens with zero attached hydrogens (tertiary/aromatic N) is 6. The number of rotatable bonds is 5. The molecule has 0 spiro atoms. The van der Waals surface area contributed by atoms with Crippen molar-refractivity contribution < 1.29 is 14.1 Å². The lowest BCUT2D eigenvalue weighted by molar-refractivity contribution is -0.00963. The van der Waals surface area contributed by atoms with E-state index in [1.165, 1.54) is 0 Å². The van der Waals surface area contributed by atoms with Gasteiger partial charge in [0.05, 0.1) is 17.4 Å². The van der Waals surface area contributed by atoms with Gasteiger partial charge in [-0.15, -0.1) is 0 Å². The van der Waals surface area contributed by atoms with Crippen LogP contribution in [0.25, 0.3) is 11.5 Å². The summed E-state index contributed by atoms with van der Waals surface area (Å²) in [6, 6.07) is 3.62. The quantitative estimate of drug-likeness (QED) is 0.665. The Balaban J connectivity index is 1.35. The van der Waals surface area contributed by atoms with Gasteiger partial charge in [-0.1, -0.05) is 5.16 Å². The van der Waals surface area contributed by atoms with Gasteiger partial charge in [-0.2, -0.15) is 10.1 Å². The third-order valence-electron chi connectivity index (χ3n) is 4.75. The molecule has 1 aliphatic heterocycles. The summed E-state index contributed by atoms with van der Waals surface area (Å²) in [5, 5.41) is 8.23. The van der Waals surface area contributed by atoms with Gasteiger partial charge >= 0.3 is 0 Å². The molecule has 0 radical (unpaired) electrons. The maximum atomic E-state index is 12.8. The molecule has 3 aromatic heterocycles.